The van der Waals surface area contributed by atoms with Crippen LogP contribution in [0.2, 0.25) is 0 Å². The zero-order valence-corrected chi connectivity index (χ0v) is 13.9. The fraction of sp³-hybridized carbons (Fsp3) is 0.625. The highest BCUT2D eigenvalue weighted by atomic mass is 32.1. The number of carbonyl (C=O) groups is 2. The maximum absolute atomic E-state index is 12.6. The summed E-state index contributed by atoms with van der Waals surface area (Å²) in [5.41, 5.74) is 0. The maximum atomic E-state index is 12.6. The topological polar surface area (TPSA) is 49.9 Å². The van der Waals surface area contributed by atoms with Crippen LogP contribution in [0.1, 0.15) is 22.1 Å². The van der Waals surface area contributed by atoms with Crippen molar-refractivity contribution < 1.29 is 14.3 Å². The molecule has 3 rings (SSSR count). The molecule has 0 radical (unpaired) electrons. The van der Waals surface area contributed by atoms with Gasteiger partial charge in [-0.1, -0.05) is 0 Å². The average Bonchev–Trinajstić information content (AvgIpc) is 3.21. The van der Waals surface area contributed by atoms with Crippen LogP contribution in [-0.2, 0) is 14.3 Å². The van der Waals surface area contributed by atoms with Gasteiger partial charge in [-0.15, -0.1) is 11.3 Å². The van der Waals surface area contributed by atoms with Gasteiger partial charge in [0.2, 0.25) is 11.8 Å². The number of piperazine rings is 1. The molecule has 0 spiro atoms. The van der Waals surface area contributed by atoms with E-state index in [0.717, 1.165) is 6.42 Å². The van der Waals surface area contributed by atoms with Crippen molar-refractivity contribution in [3.8, 4) is 0 Å². The van der Waals surface area contributed by atoms with E-state index in [-0.39, 0.29) is 24.3 Å². The van der Waals surface area contributed by atoms with Crippen molar-refractivity contribution >= 4 is 23.2 Å². The molecule has 1 aromatic rings. The number of carbonyl (C=O) groups excluding carboxylic acids is 2. The lowest BCUT2D eigenvalue weighted by Crippen LogP contribution is -2.51. The van der Waals surface area contributed by atoms with Crippen LogP contribution in [0.4, 0.5) is 0 Å². The van der Waals surface area contributed by atoms with Crippen molar-refractivity contribution in [2.24, 2.45) is 5.92 Å². The lowest BCUT2D eigenvalue weighted by molar-refractivity contribution is -0.142. The second-order valence-electron chi connectivity index (χ2n) is 6.04. The van der Waals surface area contributed by atoms with Crippen molar-refractivity contribution in [3.05, 3.63) is 21.9 Å². The molecule has 120 valence electrons. The van der Waals surface area contributed by atoms with Crippen LogP contribution in [0.25, 0.3) is 0 Å². The second-order valence-corrected chi connectivity index (χ2v) is 7.36. The SMILES string of the molecule is COCC(=O)N1CCN(C(=O)[C@H]2C[C@H]2c2ccc(C)s2)CC1. The van der Waals surface area contributed by atoms with Gasteiger partial charge < -0.3 is 14.5 Å². The average molecular weight is 322 g/mol. The molecule has 0 N–H and O–H groups in total. The summed E-state index contributed by atoms with van der Waals surface area (Å²) in [6.45, 7) is 4.73. The number of thiophene rings is 1. The van der Waals surface area contributed by atoms with Crippen molar-refractivity contribution in [1.82, 2.24) is 9.80 Å². The number of hydrogen-bond acceptors (Lipinski definition) is 4. The first-order chi connectivity index (χ1) is 10.6. The number of ether oxygens (including phenoxy) is 1. The van der Waals surface area contributed by atoms with Crippen molar-refractivity contribution in [1.29, 1.82) is 0 Å². The molecule has 1 saturated heterocycles. The van der Waals surface area contributed by atoms with E-state index < -0.39 is 0 Å². The van der Waals surface area contributed by atoms with Crippen LogP contribution in [0.5, 0.6) is 0 Å². The van der Waals surface area contributed by atoms with Gasteiger partial charge in [0.1, 0.15) is 6.61 Å². The van der Waals surface area contributed by atoms with Crippen LogP contribution in [0.3, 0.4) is 0 Å². The van der Waals surface area contributed by atoms with Crippen LogP contribution in [0, 0.1) is 12.8 Å². The van der Waals surface area contributed by atoms with Gasteiger partial charge in [-0.25, -0.2) is 0 Å². The number of aryl methyl sites for hydroxylation is 1. The predicted octanol–water partition coefficient (Wildman–Crippen LogP) is 1.48. The van der Waals surface area contributed by atoms with E-state index in [9.17, 15) is 9.59 Å². The zero-order chi connectivity index (χ0) is 15.7. The summed E-state index contributed by atoms with van der Waals surface area (Å²) in [5.74, 6) is 0.835. The number of rotatable bonds is 4. The van der Waals surface area contributed by atoms with Gasteiger partial charge in [0.25, 0.3) is 0 Å². The van der Waals surface area contributed by atoms with Crippen LogP contribution in [-0.4, -0.2) is 61.5 Å². The Kier molecular flexibility index (Phi) is 4.49. The van der Waals surface area contributed by atoms with Crippen molar-refractivity contribution in [2.75, 3.05) is 39.9 Å². The number of nitrogens with zero attached hydrogens (tertiary/aromatic N) is 2. The Balaban J connectivity index is 1.50. The zero-order valence-electron chi connectivity index (χ0n) is 13.1. The molecule has 0 bridgehead atoms. The van der Waals surface area contributed by atoms with Crippen LogP contribution in [0.15, 0.2) is 12.1 Å². The summed E-state index contributed by atoms with van der Waals surface area (Å²) in [7, 11) is 1.53. The van der Waals surface area contributed by atoms with Crippen molar-refractivity contribution in [3.63, 3.8) is 0 Å². The van der Waals surface area contributed by atoms with E-state index in [1.54, 1.807) is 16.2 Å². The Morgan fingerprint density at radius 2 is 1.91 bits per heavy atom. The monoisotopic (exact) mass is 322 g/mol. The summed E-state index contributed by atoms with van der Waals surface area (Å²) in [6.07, 6.45) is 0.974. The smallest absolute Gasteiger partial charge is 0.248 e. The molecule has 1 aliphatic carbocycles. The molecule has 2 heterocycles. The van der Waals surface area contributed by atoms with E-state index in [4.69, 9.17) is 4.74 Å². The van der Waals surface area contributed by atoms with Gasteiger partial charge >= 0.3 is 0 Å². The molecule has 1 aliphatic heterocycles. The first-order valence-corrected chi connectivity index (χ1v) is 8.53. The molecule has 2 aliphatic rings. The Morgan fingerprint density at radius 3 is 2.50 bits per heavy atom. The molecule has 22 heavy (non-hydrogen) atoms. The molecule has 5 nitrogen and oxygen atoms in total. The molecular weight excluding hydrogens is 300 g/mol. The first kappa shape index (κ1) is 15.5. The molecule has 2 atom stereocenters. The molecule has 6 heteroatoms. The lowest BCUT2D eigenvalue weighted by Gasteiger charge is -2.34. The largest absolute Gasteiger partial charge is 0.375 e. The molecule has 2 amide bonds. The maximum Gasteiger partial charge on any atom is 0.248 e. The van der Waals surface area contributed by atoms with Gasteiger partial charge in [-0.3, -0.25) is 9.59 Å². The molecule has 0 aromatic carbocycles. The fourth-order valence-corrected chi connectivity index (χ4v) is 4.12. The standard InChI is InChI=1S/C16H22N2O3S/c1-11-3-4-14(22-11)12-9-13(12)16(20)18-7-5-17(6-8-18)15(19)10-21-2/h3-4,12-13H,5-10H2,1-2H3/t12-,13+/m1/s1. The van der Waals surface area contributed by atoms with Gasteiger partial charge in [0.05, 0.1) is 0 Å². The fourth-order valence-electron chi connectivity index (χ4n) is 3.06. The van der Waals surface area contributed by atoms with E-state index in [2.05, 4.69) is 19.1 Å². The van der Waals surface area contributed by atoms with Gasteiger partial charge in [0, 0.05) is 54.9 Å². The summed E-state index contributed by atoms with van der Waals surface area (Å²) in [6, 6.07) is 4.28. The highest BCUT2D eigenvalue weighted by Gasteiger charge is 2.46. The summed E-state index contributed by atoms with van der Waals surface area (Å²) >= 11 is 1.80. The summed E-state index contributed by atoms with van der Waals surface area (Å²) < 4.78 is 4.87. The van der Waals surface area contributed by atoms with Gasteiger partial charge in [-0.2, -0.15) is 0 Å². The highest BCUT2D eigenvalue weighted by Crippen LogP contribution is 2.50. The van der Waals surface area contributed by atoms with Gasteiger partial charge in [0.15, 0.2) is 0 Å². The molecule has 0 unspecified atom stereocenters. The number of methoxy groups -OCH3 is 1. The predicted molar refractivity (Wildman–Crippen MR) is 84.9 cm³/mol. The normalized spacial score (nSPS) is 24.5. The number of hydrogen-bond donors (Lipinski definition) is 0. The minimum Gasteiger partial charge on any atom is -0.375 e. The van der Waals surface area contributed by atoms with Crippen LogP contribution < -0.4 is 0 Å². The molecule has 1 aromatic heterocycles. The van der Waals surface area contributed by atoms with Gasteiger partial charge in [-0.05, 0) is 25.5 Å². The Hall–Kier alpha value is -1.40. The minimum absolute atomic E-state index is 0.00737. The van der Waals surface area contributed by atoms with E-state index >= 15 is 0 Å². The summed E-state index contributed by atoms with van der Waals surface area (Å²) in [5, 5.41) is 0. The third kappa shape index (κ3) is 3.17. The summed E-state index contributed by atoms with van der Waals surface area (Å²) in [4.78, 5) is 30.7. The Bertz CT molecular complexity index is 563. The van der Waals surface area contributed by atoms with Crippen molar-refractivity contribution in [2.45, 2.75) is 19.3 Å². The second kappa shape index (κ2) is 6.38. The number of amides is 2. The van der Waals surface area contributed by atoms with E-state index in [1.807, 2.05) is 4.90 Å². The van der Waals surface area contributed by atoms with Crippen LogP contribution >= 0.6 is 11.3 Å². The molecule has 2 fully saturated rings. The Labute approximate surface area is 134 Å². The highest BCUT2D eigenvalue weighted by molar-refractivity contribution is 7.12. The molecular formula is C16H22N2O3S. The first-order valence-electron chi connectivity index (χ1n) is 7.72. The third-order valence-electron chi connectivity index (χ3n) is 4.45. The Morgan fingerprint density at radius 1 is 1.23 bits per heavy atom. The van der Waals surface area contributed by atoms with E-state index in [1.165, 1.54) is 16.9 Å². The quantitative estimate of drug-likeness (QED) is 0.844. The third-order valence-corrected chi connectivity index (χ3v) is 5.58. The lowest BCUT2D eigenvalue weighted by atomic mass is 10.2. The minimum atomic E-state index is 0.00737. The molecule has 1 saturated carbocycles. The van der Waals surface area contributed by atoms with E-state index in [0.29, 0.717) is 32.1 Å².